The number of amidine groups is 1. The summed E-state index contributed by atoms with van der Waals surface area (Å²) in [7, 11) is 0. The average Bonchev–Trinajstić information content (AvgIpc) is 2.86. The molecule has 13 heteroatoms. The third-order valence-corrected chi connectivity index (χ3v) is 5.73. The molecular formula is C25H31N9O4. The van der Waals surface area contributed by atoms with Crippen molar-refractivity contribution in [1.82, 2.24) is 16.0 Å². The minimum Gasteiger partial charge on any atom is -0.384 e. The molecule has 0 unspecified atom stereocenters. The summed E-state index contributed by atoms with van der Waals surface area (Å²) in [6.45, 7) is 0.396. The zero-order chi connectivity index (χ0) is 27.7. The molecule has 1 aliphatic rings. The van der Waals surface area contributed by atoms with Crippen LogP contribution in [0.5, 0.6) is 0 Å². The van der Waals surface area contributed by atoms with Gasteiger partial charge in [0, 0.05) is 23.4 Å². The highest BCUT2D eigenvalue weighted by Gasteiger charge is 2.34. The molecule has 1 heterocycles. The van der Waals surface area contributed by atoms with E-state index < -0.39 is 23.9 Å². The predicted octanol–water partition coefficient (Wildman–Crippen LogP) is -0.212. The highest BCUT2D eigenvalue weighted by atomic mass is 16.2. The Bertz CT molecular complexity index is 1220. The normalized spacial score (nSPS) is 16.5. The minimum absolute atomic E-state index is 0.0694. The molecular weight excluding hydrogens is 490 g/mol. The van der Waals surface area contributed by atoms with E-state index in [0.29, 0.717) is 48.3 Å². The van der Waals surface area contributed by atoms with Gasteiger partial charge in [0.05, 0.1) is 12.1 Å². The van der Waals surface area contributed by atoms with Crippen molar-refractivity contribution in [2.45, 2.75) is 37.8 Å². The molecule has 0 aliphatic carbocycles. The van der Waals surface area contributed by atoms with Gasteiger partial charge in [0.1, 0.15) is 17.9 Å². The number of guanidine groups is 1. The maximum atomic E-state index is 12.5. The average molecular weight is 522 g/mol. The molecule has 1 aliphatic heterocycles. The number of nitrogens with one attached hydrogen (secondary N) is 5. The number of hydrogen-bond acceptors (Lipinski definition) is 6. The molecule has 38 heavy (non-hydrogen) atoms. The van der Waals surface area contributed by atoms with E-state index >= 15 is 0 Å². The molecule has 200 valence electrons. The lowest BCUT2D eigenvalue weighted by Crippen LogP contribution is -2.62. The van der Waals surface area contributed by atoms with Crippen LogP contribution >= 0.6 is 0 Å². The molecule has 2 aromatic carbocycles. The first-order valence-corrected chi connectivity index (χ1v) is 12.0. The second-order valence-electron chi connectivity index (χ2n) is 8.70. The van der Waals surface area contributed by atoms with Crippen LogP contribution < -0.4 is 38.5 Å². The SMILES string of the molecule is N=C(N)c1ccc(NC(=O)C[C@@H]2NC(=O)[C@H](CCCCNC(=O)c3ccc(N=C(N)N)cc3)NC2=O)cc1. The first-order valence-electron chi connectivity index (χ1n) is 12.0. The smallest absolute Gasteiger partial charge is 0.251 e. The quantitative estimate of drug-likeness (QED) is 0.112. The molecule has 2 aromatic rings. The number of carbonyl (C=O) groups is 4. The van der Waals surface area contributed by atoms with E-state index in [2.05, 4.69) is 26.3 Å². The van der Waals surface area contributed by atoms with Gasteiger partial charge in [0.2, 0.25) is 17.7 Å². The number of rotatable bonds is 11. The standard InChI is InChI=1S/C25H31N9O4/c26-21(27)14-4-8-16(9-5-14)31-20(35)13-19-24(38)33-18(23(37)34-19)3-1-2-12-30-22(36)15-6-10-17(11-7-15)32-25(28)29/h4-11,18-19H,1-3,12-13H2,(H3,26,27)(H,30,36)(H,31,35)(H,33,38)(H,34,37)(H4,28,29,32)/t18-,19-/m0/s1. The Labute approximate surface area is 219 Å². The Balaban J connectivity index is 1.36. The number of hydrogen-bond donors (Lipinski definition) is 8. The molecule has 3 rings (SSSR count). The van der Waals surface area contributed by atoms with E-state index in [9.17, 15) is 19.2 Å². The molecule has 0 aromatic heterocycles. The van der Waals surface area contributed by atoms with Gasteiger partial charge < -0.3 is 38.5 Å². The first kappa shape index (κ1) is 27.6. The summed E-state index contributed by atoms with van der Waals surface area (Å²) in [5.41, 5.74) is 18.1. The van der Waals surface area contributed by atoms with Gasteiger partial charge in [0.25, 0.3) is 5.91 Å². The number of carbonyl (C=O) groups excluding carboxylic acids is 4. The summed E-state index contributed by atoms with van der Waals surface area (Å²) in [5.74, 6) is -1.65. The number of piperazine rings is 1. The second kappa shape index (κ2) is 12.9. The number of aliphatic imine (C=N–C) groups is 1. The molecule has 0 saturated carbocycles. The van der Waals surface area contributed by atoms with Crippen LogP contribution in [0, 0.1) is 5.41 Å². The second-order valence-corrected chi connectivity index (χ2v) is 8.70. The van der Waals surface area contributed by atoms with Crippen molar-refractivity contribution < 1.29 is 19.2 Å². The van der Waals surface area contributed by atoms with E-state index in [-0.39, 0.29) is 30.0 Å². The number of nitrogen functional groups attached to an aromatic ring is 1. The molecule has 2 atom stereocenters. The van der Waals surface area contributed by atoms with Gasteiger partial charge in [-0.05, 0) is 67.8 Å². The molecule has 1 saturated heterocycles. The highest BCUT2D eigenvalue weighted by molar-refractivity contribution is 6.01. The number of amides is 4. The van der Waals surface area contributed by atoms with E-state index in [1.54, 1.807) is 48.5 Å². The van der Waals surface area contributed by atoms with Gasteiger partial charge in [-0.15, -0.1) is 0 Å². The first-order chi connectivity index (χ1) is 18.1. The molecule has 4 amide bonds. The van der Waals surface area contributed by atoms with Gasteiger partial charge in [-0.2, -0.15) is 0 Å². The number of nitrogens with two attached hydrogens (primary N) is 3. The highest BCUT2D eigenvalue weighted by Crippen LogP contribution is 2.14. The molecule has 1 fully saturated rings. The molecule has 0 spiro atoms. The van der Waals surface area contributed by atoms with Crippen LogP contribution in [0.3, 0.4) is 0 Å². The van der Waals surface area contributed by atoms with Crippen LogP contribution in [-0.4, -0.2) is 54.1 Å². The topological polar surface area (TPSA) is 231 Å². The van der Waals surface area contributed by atoms with Crippen LogP contribution in [0.15, 0.2) is 53.5 Å². The van der Waals surface area contributed by atoms with Crippen molar-refractivity contribution in [1.29, 1.82) is 5.41 Å². The Morgan fingerprint density at radius 1 is 0.868 bits per heavy atom. The Kier molecular flexibility index (Phi) is 9.35. The Hall–Kier alpha value is -4.94. The van der Waals surface area contributed by atoms with E-state index in [4.69, 9.17) is 22.6 Å². The van der Waals surface area contributed by atoms with Crippen LogP contribution in [0.4, 0.5) is 11.4 Å². The van der Waals surface area contributed by atoms with Gasteiger partial charge in [-0.3, -0.25) is 24.6 Å². The summed E-state index contributed by atoms with van der Waals surface area (Å²) < 4.78 is 0. The lowest BCUT2D eigenvalue weighted by atomic mass is 10.0. The third kappa shape index (κ3) is 8.05. The lowest BCUT2D eigenvalue weighted by Gasteiger charge is -2.29. The number of nitrogens with zero attached hydrogens (tertiary/aromatic N) is 1. The number of benzene rings is 2. The molecule has 13 nitrogen and oxygen atoms in total. The summed E-state index contributed by atoms with van der Waals surface area (Å²) in [6.07, 6.45) is 1.36. The van der Waals surface area contributed by atoms with E-state index in [0.717, 1.165) is 0 Å². The summed E-state index contributed by atoms with van der Waals surface area (Å²) in [5, 5.41) is 18.1. The number of anilines is 1. The van der Waals surface area contributed by atoms with Gasteiger partial charge in [-0.25, -0.2) is 4.99 Å². The van der Waals surface area contributed by atoms with Crippen molar-refractivity contribution in [3.05, 3.63) is 59.7 Å². The maximum absolute atomic E-state index is 12.5. The van der Waals surface area contributed by atoms with Crippen LogP contribution in [-0.2, 0) is 14.4 Å². The van der Waals surface area contributed by atoms with Crippen molar-refractivity contribution in [3.8, 4) is 0 Å². The van der Waals surface area contributed by atoms with Crippen molar-refractivity contribution in [3.63, 3.8) is 0 Å². The van der Waals surface area contributed by atoms with E-state index in [1.165, 1.54) is 0 Å². The maximum Gasteiger partial charge on any atom is 0.251 e. The predicted molar refractivity (Wildman–Crippen MR) is 143 cm³/mol. The van der Waals surface area contributed by atoms with Gasteiger partial charge >= 0.3 is 0 Å². The lowest BCUT2D eigenvalue weighted by molar-refractivity contribution is -0.138. The molecule has 0 radical (unpaired) electrons. The van der Waals surface area contributed by atoms with Crippen LogP contribution in [0.2, 0.25) is 0 Å². The number of unbranched alkanes of at least 4 members (excludes halogenated alkanes) is 1. The van der Waals surface area contributed by atoms with Gasteiger partial charge in [0.15, 0.2) is 5.96 Å². The zero-order valence-corrected chi connectivity index (χ0v) is 20.6. The zero-order valence-electron chi connectivity index (χ0n) is 20.6. The molecule has 0 bridgehead atoms. The summed E-state index contributed by atoms with van der Waals surface area (Å²) in [6, 6.07) is 11.2. The Morgan fingerprint density at radius 2 is 1.47 bits per heavy atom. The largest absolute Gasteiger partial charge is 0.384 e. The minimum atomic E-state index is -0.979. The molecule has 11 N–H and O–H groups in total. The van der Waals surface area contributed by atoms with Crippen molar-refractivity contribution in [2.24, 2.45) is 22.2 Å². The van der Waals surface area contributed by atoms with Gasteiger partial charge in [-0.1, -0.05) is 0 Å². The summed E-state index contributed by atoms with van der Waals surface area (Å²) >= 11 is 0. The fourth-order valence-electron chi connectivity index (χ4n) is 3.77. The fourth-order valence-corrected chi connectivity index (χ4v) is 3.77. The van der Waals surface area contributed by atoms with Crippen LogP contribution in [0.25, 0.3) is 0 Å². The van der Waals surface area contributed by atoms with Crippen LogP contribution in [0.1, 0.15) is 41.6 Å². The monoisotopic (exact) mass is 521 g/mol. The fraction of sp³-hybridized carbons (Fsp3) is 0.280. The van der Waals surface area contributed by atoms with Crippen molar-refractivity contribution >= 4 is 46.8 Å². The van der Waals surface area contributed by atoms with E-state index in [1.807, 2.05) is 0 Å². The Morgan fingerprint density at radius 3 is 2.11 bits per heavy atom. The summed E-state index contributed by atoms with van der Waals surface area (Å²) in [4.78, 5) is 53.4. The third-order valence-electron chi connectivity index (χ3n) is 5.73. The van der Waals surface area contributed by atoms with Crippen molar-refractivity contribution in [2.75, 3.05) is 11.9 Å².